The summed E-state index contributed by atoms with van der Waals surface area (Å²) in [5.74, 6) is 0.955. The predicted molar refractivity (Wildman–Crippen MR) is 76.5 cm³/mol. The minimum absolute atomic E-state index is 0.228. The van der Waals surface area contributed by atoms with E-state index in [2.05, 4.69) is 50.2 Å². The van der Waals surface area contributed by atoms with Crippen LogP contribution >= 0.6 is 0 Å². The zero-order valence-electron chi connectivity index (χ0n) is 11.9. The van der Waals surface area contributed by atoms with E-state index >= 15 is 0 Å². The number of nitrogens with one attached hydrogen (secondary N) is 1. The van der Waals surface area contributed by atoms with Crippen molar-refractivity contribution in [1.82, 2.24) is 4.90 Å². The number of hydrogen-bond donors (Lipinski definition) is 1. The minimum Gasteiger partial charge on any atom is -0.491 e. The van der Waals surface area contributed by atoms with Crippen LogP contribution in [-0.2, 0) is 0 Å². The van der Waals surface area contributed by atoms with Crippen LogP contribution in [0.25, 0.3) is 0 Å². The number of benzene rings is 1. The Labute approximate surface area is 110 Å². The summed E-state index contributed by atoms with van der Waals surface area (Å²) < 4.78 is 5.70. The molecule has 1 saturated heterocycles. The van der Waals surface area contributed by atoms with E-state index in [4.69, 9.17) is 4.74 Å². The molecule has 0 bridgehead atoms. The molecule has 1 aromatic carbocycles. The van der Waals surface area contributed by atoms with Gasteiger partial charge in [-0.25, -0.2) is 0 Å². The van der Waals surface area contributed by atoms with Crippen molar-refractivity contribution in [3.8, 4) is 5.75 Å². The molecule has 100 valence electrons. The molecular formula is C15H24N2O. The van der Waals surface area contributed by atoms with E-state index in [1.165, 1.54) is 24.2 Å². The number of aryl methyl sites for hydroxylation is 1. The standard InChI is InChI=1S/C15H24N2O/c1-11(2)18-14-5-6-15(12(3)9-14)16-13-7-8-17(4)10-13/h5-6,9,11,13,16H,7-8,10H2,1-4H3. The van der Waals surface area contributed by atoms with E-state index in [0.717, 1.165) is 12.3 Å². The van der Waals surface area contributed by atoms with Crippen LogP contribution in [0.2, 0.25) is 0 Å². The van der Waals surface area contributed by atoms with Gasteiger partial charge in [0.15, 0.2) is 0 Å². The zero-order chi connectivity index (χ0) is 13.1. The first-order valence-corrected chi connectivity index (χ1v) is 6.77. The second-order valence-corrected chi connectivity index (χ2v) is 5.54. The molecule has 1 aromatic rings. The second kappa shape index (κ2) is 5.61. The van der Waals surface area contributed by atoms with Gasteiger partial charge in [0.05, 0.1) is 6.10 Å². The number of rotatable bonds is 4. The quantitative estimate of drug-likeness (QED) is 0.886. The van der Waals surface area contributed by atoms with Crippen molar-refractivity contribution in [2.24, 2.45) is 0 Å². The van der Waals surface area contributed by atoms with E-state index < -0.39 is 0 Å². The molecule has 0 radical (unpaired) electrons. The summed E-state index contributed by atoms with van der Waals surface area (Å²) in [4.78, 5) is 2.36. The van der Waals surface area contributed by atoms with Crippen molar-refractivity contribution in [3.05, 3.63) is 23.8 Å². The molecule has 0 spiro atoms. The molecule has 1 N–H and O–H groups in total. The summed E-state index contributed by atoms with van der Waals surface area (Å²) in [5, 5.41) is 3.62. The molecule has 1 atom stereocenters. The highest BCUT2D eigenvalue weighted by Gasteiger charge is 2.19. The van der Waals surface area contributed by atoms with Crippen LogP contribution in [0.3, 0.4) is 0 Å². The molecule has 1 unspecified atom stereocenters. The van der Waals surface area contributed by atoms with Gasteiger partial charge in [0.25, 0.3) is 0 Å². The zero-order valence-corrected chi connectivity index (χ0v) is 11.9. The average molecular weight is 248 g/mol. The number of ether oxygens (including phenoxy) is 1. The topological polar surface area (TPSA) is 24.5 Å². The SMILES string of the molecule is Cc1cc(OC(C)C)ccc1NC1CCN(C)C1. The van der Waals surface area contributed by atoms with Crippen molar-refractivity contribution in [3.63, 3.8) is 0 Å². The van der Waals surface area contributed by atoms with Crippen LogP contribution in [0, 0.1) is 6.92 Å². The Kier molecular flexibility index (Phi) is 4.12. The molecule has 1 heterocycles. The van der Waals surface area contributed by atoms with Gasteiger partial charge in [-0.15, -0.1) is 0 Å². The maximum absolute atomic E-state index is 5.70. The van der Waals surface area contributed by atoms with E-state index in [0.29, 0.717) is 6.04 Å². The Morgan fingerprint density at radius 1 is 1.39 bits per heavy atom. The third-order valence-corrected chi connectivity index (χ3v) is 3.32. The van der Waals surface area contributed by atoms with Gasteiger partial charge >= 0.3 is 0 Å². The van der Waals surface area contributed by atoms with Gasteiger partial charge < -0.3 is 15.0 Å². The van der Waals surface area contributed by atoms with Gasteiger partial charge in [0, 0.05) is 18.3 Å². The maximum atomic E-state index is 5.70. The predicted octanol–water partition coefficient (Wildman–Crippen LogP) is 2.90. The van der Waals surface area contributed by atoms with Crippen molar-refractivity contribution in [2.75, 3.05) is 25.5 Å². The smallest absolute Gasteiger partial charge is 0.120 e. The van der Waals surface area contributed by atoms with Gasteiger partial charge in [-0.1, -0.05) is 0 Å². The highest BCUT2D eigenvalue weighted by molar-refractivity contribution is 5.54. The Hall–Kier alpha value is -1.22. The lowest BCUT2D eigenvalue weighted by molar-refractivity contribution is 0.242. The first-order valence-electron chi connectivity index (χ1n) is 6.77. The van der Waals surface area contributed by atoms with E-state index in [9.17, 15) is 0 Å². The lowest BCUT2D eigenvalue weighted by Gasteiger charge is -2.17. The molecule has 0 aliphatic carbocycles. The number of likely N-dealkylation sites (N-methyl/N-ethyl adjacent to an activating group) is 1. The largest absolute Gasteiger partial charge is 0.491 e. The summed E-state index contributed by atoms with van der Waals surface area (Å²) in [6.45, 7) is 8.55. The molecule has 3 nitrogen and oxygen atoms in total. The van der Waals surface area contributed by atoms with E-state index in [1.807, 2.05) is 6.07 Å². The van der Waals surface area contributed by atoms with Crippen LogP contribution in [0.5, 0.6) is 5.75 Å². The van der Waals surface area contributed by atoms with Crippen molar-refractivity contribution in [2.45, 2.75) is 39.3 Å². The summed E-state index contributed by atoms with van der Waals surface area (Å²) in [6, 6.07) is 6.87. The Bertz CT molecular complexity index is 403. The molecule has 18 heavy (non-hydrogen) atoms. The van der Waals surface area contributed by atoms with Gasteiger partial charge in [0.2, 0.25) is 0 Å². The van der Waals surface area contributed by atoms with Gasteiger partial charge in [-0.2, -0.15) is 0 Å². The number of hydrogen-bond acceptors (Lipinski definition) is 3. The highest BCUT2D eigenvalue weighted by Crippen LogP contribution is 2.24. The molecule has 3 heteroatoms. The number of nitrogens with zero attached hydrogens (tertiary/aromatic N) is 1. The van der Waals surface area contributed by atoms with Crippen LogP contribution < -0.4 is 10.1 Å². The third-order valence-electron chi connectivity index (χ3n) is 3.32. The van der Waals surface area contributed by atoms with Gasteiger partial charge in [-0.05, 0) is 64.5 Å². The fraction of sp³-hybridized carbons (Fsp3) is 0.600. The van der Waals surface area contributed by atoms with Crippen molar-refractivity contribution in [1.29, 1.82) is 0 Å². The first kappa shape index (κ1) is 13.2. The second-order valence-electron chi connectivity index (χ2n) is 5.54. The lowest BCUT2D eigenvalue weighted by Crippen LogP contribution is -2.23. The Balaban J connectivity index is 2.01. The van der Waals surface area contributed by atoms with Crippen molar-refractivity contribution >= 4 is 5.69 Å². The molecule has 0 amide bonds. The molecule has 1 fully saturated rings. The maximum Gasteiger partial charge on any atom is 0.120 e. The fourth-order valence-corrected chi connectivity index (χ4v) is 2.42. The van der Waals surface area contributed by atoms with Crippen LogP contribution in [-0.4, -0.2) is 37.2 Å². The molecule has 2 rings (SSSR count). The van der Waals surface area contributed by atoms with E-state index in [1.54, 1.807) is 0 Å². The molecule has 0 saturated carbocycles. The van der Waals surface area contributed by atoms with Gasteiger partial charge in [-0.3, -0.25) is 0 Å². The summed E-state index contributed by atoms with van der Waals surface area (Å²) >= 11 is 0. The minimum atomic E-state index is 0.228. The fourth-order valence-electron chi connectivity index (χ4n) is 2.42. The van der Waals surface area contributed by atoms with Crippen LogP contribution in [0.1, 0.15) is 25.8 Å². The lowest BCUT2D eigenvalue weighted by atomic mass is 10.1. The number of likely N-dealkylation sites (tertiary alicyclic amines) is 1. The number of anilines is 1. The molecule has 0 aromatic heterocycles. The molecule has 1 aliphatic heterocycles. The molecule has 1 aliphatic rings. The van der Waals surface area contributed by atoms with Crippen LogP contribution in [0.4, 0.5) is 5.69 Å². The summed E-state index contributed by atoms with van der Waals surface area (Å²) in [6.07, 6.45) is 1.45. The third kappa shape index (κ3) is 3.39. The van der Waals surface area contributed by atoms with Crippen molar-refractivity contribution < 1.29 is 4.74 Å². The summed E-state index contributed by atoms with van der Waals surface area (Å²) in [5.41, 5.74) is 2.48. The van der Waals surface area contributed by atoms with Crippen LogP contribution in [0.15, 0.2) is 18.2 Å². The summed E-state index contributed by atoms with van der Waals surface area (Å²) in [7, 11) is 2.17. The van der Waals surface area contributed by atoms with Gasteiger partial charge in [0.1, 0.15) is 5.75 Å². The monoisotopic (exact) mass is 248 g/mol. The highest BCUT2D eigenvalue weighted by atomic mass is 16.5. The van der Waals surface area contributed by atoms with E-state index in [-0.39, 0.29) is 6.10 Å². The first-order chi connectivity index (χ1) is 8.54. The Morgan fingerprint density at radius 3 is 2.72 bits per heavy atom. The Morgan fingerprint density at radius 2 is 2.17 bits per heavy atom. The average Bonchev–Trinajstić information content (AvgIpc) is 2.67. The normalized spacial score (nSPS) is 20.4. The molecular weight excluding hydrogens is 224 g/mol.